The van der Waals surface area contributed by atoms with Crippen molar-refractivity contribution in [3.8, 4) is 22.3 Å². The molecule has 8 aromatic carbocycles. The molecule has 0 radical (unpaired) electrons. The van der Waals surface area contributed by atoms with Crippen LogP contribution in [0.25, 0.3) is 44.2 Å². The molecule has 1 aromatic heterocycles. The second-order valence-corrected chi connectivity index (χ2v) is 15.2. The molecular formula is C52H37NO. The fourth-order valence-electron chi connectivity index (χ4n) is 9.79. The summed E-state index contributed by atoms with van der Waals surface area (Å²) in [6.45, 7) is 4.76. The smallest absolute Gasteiger partial charge is 0.135 e. The Morgan fingerprint density at radius 3 is 1.70 bits per heavy atom. The molecule has 0 fully saturated rings. The third kappa shape index (κ3) is 4.17. The highest BCUT2D eigenvalue weighted by Gasteiger charge is 2.53. The van der Waals surface area contributed by atoms with Gasteiger partial charge in [0.25, 0.3) is 0 Å². The molecule has 1 spiro atoms. The van der Waals surface area contributed by atoms with Crippen LogP contribution in [0.5, 0.6) is 0 Å². The number of nitrogens with zero attached hydrogens (tertiary/aromatic N) is 1. The minimum absolute atomic E-state index is 0.150. The van der Waals surface area contributed by atoms with Crippen molar-refractivity contribution in [1.29, 1.82) is 0 Å². The van der Waals surface area contributed by atoms with E-state index in [1.54, 1.807) is 0 Å². The predicted molar refractivity (Wildman–Crippen MR) is 223 cm³/mol. The minimum Gasteiger partial charge on any atom is -0.456 e. The second kappa shape index (κ2) is 11.4. The van der Waals surface area contributed by atoms with Crippen LogP contribution in [0.3, 0.4) is 0 Å². The van der Waals surface area contributed by atoms with Gasteiger partial charge in [-0.25, -0.2) is 0 Å². The Bertz CT molecular complexity index is 2860. The maximum atomic E-state index is 6.32. The van der Waals surface area contributed by atoms with E-state index in [4.69, 9.17) is 4.42 Å². The summed E-state index contributed by atoms with van der Waals surface area (Å²) in [5, 5.41) is 2.23. The Hall–Kier alpha value is -6.64. The van der Waals surface area contributed by atoms with Crippen molar-refractivity contribution in [2.24, 2.45) is 0 Å². The minimum atomic E-state index is -0.474. The Kier molecular flexibility index (Phi) is 6.55. The van der Waals surface area contributed by atoms with Gasteiger partial charge in [-0.15, -0.1) is 0 Å². The lowest BCUT2D eigenvalue weighted by Gasteiger charge is -2.46. The molecule has 2 aliphatic carbocycles. The Morgan fingerprint density at radius 1 is 0.407 bits per heavy atom. The van der Waals surface area contributed by atoms with Crippen LogP contribution in [-0.4, -0.2) is 0 Å². The van der Waals surface area contributed by atoms with Gasteiger partial charge in [0.1, 0.15) is 11.2 Å². The molecule has 256 valence electrons. The summed E-state index contributed by atoms with van der Waals surface area (Å²) < 4.78 is 6.32. The van der Waals surface area contributed by atoms with E-state index in [0.29, 0.717) is 0 Å². The molecule has 0 saturated heterocycles. The monoisotopic (exact) mass is 691 g/mol. The van der Waals surface area contributed by atoms with Gasteiger partial charge < -0.3 is 9.32 Å². The van der Waals surface area contributed by atoms with Crippen LogP contribution in [0.15, 0.2) is 192 Å². The van der Waals surface area contributed by atoms with Crippen LogP contribution in [0.2, 0.25) is 0 Å². The SMILES string of the molecule is CC1(C)c2ccccc2C2(c3ccccc3-c3c(N(c4ccc(-c5ccccc5)cc4)c4ccc5oc6ccccc6c5c4)cccc32)c2ccccc21. The van der Waals surface area contributed by atoms with Crippen molar-refractivity contribution in [2.75, 3.05) is 4.90 Å². The fourth-order valence-corrected chi connectivity index (χ4v) is 9.79. The summed E-state index contributed by atoms with van der Waals surface area (Å²) in [6, 6.07) is 69.0. The van der Waals surface area contributed by atoms with Gasteiger partial charge in [0.05, 0.1) is 11.1 Å². The van der Waals surface area contributed by atoms with E-state index in [1.807, 2.05) is 6.07 Å². The molecule has 2 nitrogen and oxygen atoms in total. The average Bonchev–Trinajstić information content (AvgIpc) is 3.75. The van der Waals surface area contributed by atoms with E-state index in [2.05, 4.69) is 201 Å². The lowest BCUT2D eigenvalue weighted by molar-refractivity contribution is 0.563. The number of anilines is 3. The first kappa shape index (κ1) is 30.9. The van der Waals surface area contributed by atoms with Crippen LogP contribution in [-0.2, 0) is 10.8 Å². The van der Waals surface area contributed by atoms with Crippen molar-refractivity contribution in [3.05, 3.63) is 221 Å². The maximum absolute atomic E-state index is 6.32. The number of hydrogen-bond acceptors (Lipinski definition) is 2. The topological polar surface area (TPSA) is 16.4 Å². The number of para-hydroxylation sites is 1. The van der Waals surface area contributed by atoms with Gasteiger partial charge in [-0.1, -0.05) is 159 Å². The number of fused-ring (bicyclic) bond motifs is 12. The standard InChI is InChI=1S/C52H37NO/c1-51(2)42-20-9-11-22-44(42)52(45-23-12-10-21-43(45)51)41-19-8-6-18-39(41)50-46(52)24-14-25-47(50)53(36-29-27-35(28-30-36)34-15-4-3-5-16-34)37-31-32-49-40(33-37)38-17-7-13-26-48(38)54-49/h3-33H,1-2H3. The molecule has 2 aliphatic rings. The first-order valence-corrected chi connectivity index (χ1v) is 18.9. The zero-order valence-corrected chi connectivity index (χ0v) is 30.3. The van der Waals surface area contributed by atoms with E-state index < -0.39 is 5.41 Å². The van der Waals surface area contributed by atoms with E-state index in [-0.39, 0.29) is 5.41 Å². The molecule has 0 saturated carbocycles. The summed E-state index contributed by atoms with van der Waals surface area (Å²) in [5.41, 5.74) is 17.6. The molecule has 2 heteroatoms. The third-order valence-electron chi connectivity index (χ3n) is 12.1. The van der Waals surface area contributed by atoms with Crippen LogP contribution in [0.1, 0.15) is 47.2 Å². The average molecular weight is 692 g/mol. The van der Waals surface area contributed by atoms with Crippen LogP contribution in [0.4, 0.5) is 17.1 Å². The number of benzene rings is 8. The van der Waals surface area contributed by atoms with Crippen LogP contribution >= 0.6 is 0 Å². The summed E-state index contributed by atoms with van der Waals surface area (Å²) in [7, 11) is 0. The second-order valence-electron chi connectivity index (χ2n) is 15.2. The van der Waals surface area contributed by atoms with E-state index in [9.17, 15) is 0 Å². The highest BCUT2D eigenvalue weighted by atomic mass is 16.3. The normalized spacial score (nSPS) is 14.4. The summed E-state index contributed by atoms with van der Waals surface area (Å²) in [6.07, 6.45) is 0. The molecule has 54 heavy (non-hydrogen) atoms. The molecule has 11 rings (SSSR count). The van der Waals surface area contributed by atoms with Crippen molar-refractivity contribution >= 4 is 39.0 Å². The Labute approximate surface area is 315 Å². The van der Waals surface area contributed by atoms with Crippen LogP contribution in [0, 0.1) is 0 Å². The van der Waals surface area contributed by atoms with Crippen molar-refractivity contribution in [3.63, 3.8) is 0 Å². The molecule has 0 aliphatic heterocycles. The molecule has 0 N–H and O–H groups in total. The summed E-state index contributed by atoms with van der Waals surface area (Å²) in [4.78, 5) is 2.45. The lowest BCUT2D eigenvalue weighted by atomic mass is 9.55. The van der Waals surface area contributed by atoms with E-state index in [1.165, 1.54) is 55.6 Å². The van der Waals surface area contributed by atoms with E-state index in [0.717, 1.165) is 39.0 Å². The van der Waals surface area contributed by atoms with E-state index >= 15 is 0 Å². The van der Waals surface area contributed by atoms with Crippen LogP contribution < -0.4 is 4.90 Å². The summed E-state index contributed by atoms with van der Waals surface area (Å²) >= 11 is 0. The Balaban J connectivity index is 1.21. The summed E-state index contributed by atoms with van der Waals surface area (Å²) in [5.74, 6) is 0. The van der Waals surface area contributed by atoms with Gasteiger partial charge in [0, 0.05) is 33.1 Å². The zero-order chi connectivity index (χ0) is 36.0. The van der Waals surface area contributed by atoms with Crippen molar-refractivity contribution in [2.45, 2.75) is 24.7 Å². The molecule has 1 heterocycles. The van der Waals surface area contributed by atoms with Gasteiger partial charge in [-0.2, -0.15) is 0 Å². The number of hydrogen-bond donors (Lipinski definition) is 0. The highest BCUT2D eigenvalue weighted by molar-refractivity contribution is 6.07. The highest BCUT2D eigenvalue weighted by Crippen LogP contribution is 2.64. The predicted octanol–water partition coefficient (Wildman–Crippen LogP) is 13.7. The Morgan fingerprint density at radius 2 is 0.963 bits per heavy atom. The van der Waals surface area contributed by atoms with Crippen molar-refractivity contribution < 1.29 is 4.42 Å². The number of furan rings is 1. The van der Waals surface area contributed by atoms with Crippen molar-refractivity contribution in [1.82, 2.24) is 0 Å². The third-order valence-corrected chi connectivity index (χ3v) is 12.1. The quantitative estimate of drug-likeness (QED) is 0.183. The fraction of sp³-hybridized carbons (Fsp3) is 0.0769. The number of rotatable bonds is 4. The first-order chi connectivity index (χ1) is 26.5. The van der Waals surface area contributed by atoms with Gasteiger partial charge >= 0.3 is 0 Å². The lowest BCUT2D eigenvalue weighted by Crippen LogP contribution is -2.40. The largest absolute Gasteiger partial charge is 0.456 e. The first-order valence-electron chi connectivity index (χ1n) is 18.9. The molecule has 0 atom stereocenters. The molecular weight excluding hydrogens is 655 g/mol. The van der Waals surface area contributed by atoms with Gasteiger partial charge in [-0.3, -0.25) is 0 Å². The molecule has 0 bridgehead atoms. The molecule has 9 aromatic rings. The zero-order valence-electron chi connectivity index (χ0n) is 30.3. The maximum Gasteiger partial charge on any atom is 0.135 e. The van der Waals surface area contributed by atoms with Gasteiger partial charge in [-0.05, 0) is 92.5 Å². The molecule has 0 amide bonds. The van der Waals surface area contributed by atoms with Gasteiger partial charge in [0.15, 0.2) is 0 Å². The van der Waals surface area contributed by atoms with Gasteiger partial charge in [0.2, 0.25) is 0 Å². The molecule has 0 unspecified atom stereocenters.